The molecule has 0 fully saturated rings. The molecule has 35 heavy (non-hydrogen) atoms. The van der Waals surface area contributed by atoms with Crippen LogP contribution in [0.2, 0.25) is 0 Å². The molecule has 0 unspecified atom stereocenters. The van der Waals surface area contributed by atoms with Crippen LogP contribution in [0, 0.1) is 0 Å². The van der Waals surface area contributed by atoms with E-state index in [-0.39, 0.29) is 0 Å². The van der Waals surface area contributed by atoms with Gasteiger partial charge in [-0.15, -0.1) is 11.3 Å². The molecule has 0 aliphatic carbocycles. The minimum absolute atomic E-state index is 0.524. The van der Waals surface area contributed by atoms with Gasteiger partial charge in [0, 0.05) is 37.3 Å². The lowest BCUT2D eigenvalue weighted by Gasteiger charge is -2.16. The fourth-order valence-electron chi connectivity index (χ4n) is 3.29. The van der Waals surface area contributed by atoms with E-state index in [0.29, 0.717) is 18.2 Å². The van der Waals surface area contributed by atoms with E-state index in [1.54, 1.807) is 30.9 Å². The van der Waals surface area contributed by atoms with Crippen LogP contribution in [0.15, 0.2) is 53.4 Å². The van der Waals surface area contributed by atoms with Crippen molar-refractivity contribution in [3.05, 3.63) is 53.9 Å². The van der Waals surface area contributed by atoms with Crippen LogP contribution in [0.1, 0.15) is 5.56 Å². The molecule has 2 aromatic carbocycles. The lowest BCUT2D eigenvalue weighted by Crippen LogP contribution is -2.19. The average molecular weight is 500 g/mol. The number of fused-ring (bicyclic) bond motifs is 2. The van der Waals surface area contributed by atoms with Gasteiger partial charge in [0.25, 0.3) is 0 Å². The molecule has 11 heteroatoms. The molecule has 184 valence electrons. The van der Waals surface area contributed by atoms with Gasteiger partial charge in [-0.25, -0.2) is 23.7 Å². The number of nitrogens with one attached hydrogen (secondary N) is 1. The van der Waals surface area contributed by atoms with Crippen LogP contribution in [0.3, 0.4) is 0 Å². The van der Waals surface area contributed by atoms with Crippen molar-refractivity contribution in [3.8, 4) is 5.75 Å². The van der Waals surface area contributed by atoms with E-state index in [2.05, 4.69) is 36.2 Å². The first-order valence-corrected chi connectivity index (χ1v) is 11.5. The molecule has 0 amide bonds. The second-order valence-corrected chi connectivity index (χ2v) is 8.40. The molecule has 4 aromatic rings. The maximum absolute atomic E-state index is 9.62. The fraction of sp³-hybridized carbons (Fsp3) is 0.250. The molecule has 2 heterocycles. The molecule has 0 radical (unpaired) electrons. The van der Waals surface area contributed by atoms with Gasteiger partial charge in [-0.05, 0) is 50.0 Å². The summed E-state index contributed by atoms with van der Waals surface area (Å²) in [6, 6.07) is 9.97. The summed E-state index contributed by atoms with van der Waals surface area (Å²) in [5.41, 5.74) is 12.0. The highest BCUT2D eigenvalue weighted by molar-refractivity contribution is 7.16. The van der Waals surface area contributed by atoms with Crippen molar-refractivity contribution < 1.29 is 13.5 Å². The number of alkyl halides is 2. The van der Waals surface area contributed by atoms with Crippen LogP contribution in [0.4, 0.5) is 20.3 Å². The molecule has 0 aliphatic heterocycles. The van der Waals surface area contributed by atoms with E-state index in [0.717, 1.165) is 44.5 Å². The number of aliphatic imine (C=N–C) groups is 1. The summed E-state index contributed by atoms with van der Waals surface area (Å²) in [5, 5.41) is 4.24. The quantitative estimate of drug-likeness (QED) is 0.336. The first kappa shape index (κ1) is 25.9. The van der Waals surface area contributed by atoms with E-state index in [4.69, 9.17) is 10.5 Å². The molecule has 0 bridgehead atoms. The standard InChI is InChI=1S/C23H25N7OS.CH2F2/c1-25-12-16(11-24)15-8-19-22(20(9-15)31-7-6-30(2)3)23(27-13-26-19)29-17-4-5-18-21(10-17)32-14-28-18;2-1-3/h4-5,8-14H,6-7,24H2,1-3H3,(H,26,27,29);1H2/b16-11+,25-12?;. The summed E-state index contributed by atoms with van der Waals surface area (Å²) in [5.74, 6) is 1.36. The van der Waals surface area contributed by atoms with Gasteiger partial charge in [-0.3, -0.25) is 4.99 Å². The number of allylic oxidation sites excluding steroid dienone is 1. The first-order valence-electron chi connectivity index (χ1n) is 10.6. The molecular weight excluding hydrogens is 472 g/mol. The molecular formula is C24H27F2N7OS. The number of nitrogens with two attached hydrogens (primary N) is 1. The number of anilines is 2. The lowest BCUT2D eigenvalue weighted by atomic mass is 10.0. The third-order valence-corrected chi connectivity index (χ3v) is 5.66. The maximum atomic E-state index is 9.62. The number of hydrogen-bond donors (Lipinski definition) is 2. The van der Waals surface area contributed by atoms with Gasteiger partial charge in [0.1, 0.15) is 24.5 Å². The topological polar surface area (TPSA) is 102 Å². The number of halogens is 2. The number of rotatable bonds is 8. The molecule has 3 N–H and O–H groups in total. The number of nitrogens with zero attached hydrogens (tertiary/aromatic N) is 5. The molecule has 0 atom stereocenters. The number of benzene rings is 2. The van der Waals surface area contributed by atoms with Crippen molar-refractivity contribution in [1.29, 1.82) is 0 Å². The summed E-state index contributed by atoms with van der Waals surface area (Å²) in [6.07, 6.45) is 4.79. The summed E-state index contributed by atoms with van der Waals surface area (Å²) in [7, 11) is 5.73. The SMILES string of the molecule is CN=C/C(=C\N)c1cc(OCCN(C)C)c2c(Nc3ccc4ncsc4c3)ncnc2c1.FCF. The van der Waals surface area contributed by atoms with E-state index < -0.39 is 6.93 Å². The third-order valence-electron chi connectivity index (χ3n) is 4.87. The van der Waals surface area contributed by atoms with Crippen LogP contribution < -0.4 is 15.8 Å². The van der Waals surface area contributed by atoms with Gasteiger partial charge in [0.15, 0.2) is 0 Å². The van der Waals surface area contributed by atoms with Crippen LogP contribution in [-0.4, -0.2) is 67.3 Å². The molecule has 2 aromatic heterocycles. The Morgan fingerprint density at radius 3 is 2.69 bits per heavy atom. The Hall–Kier alpha value is -3.70. The van der Waals surface area contributed by atoms with Crippen molar-refractivity contribution in [1.82, 2.24) is 19.9 Å². The smallest absolute Gasteiger partial charge is 0.229 e. The van der Waals surface area contributed by atoms with Crippen LogP contribution in [0.25, 0.3) is 26.7 Å². The Labute approximate surface area is 206 Å². The Morgan fingerprint density at radius 1 is 1.17 bits per heavy atom. The fourth-order valence-corrected chi connectivity index (χ4v) is 4.01. The Kier molecular flexibility index (Phi) is 9.39. The Balaban J connectivity index is 0.00000108. The minimum Gasteiger partial charge on any atom is -0.491 e. The van der Waals surface area contributed by atoms with Crippen LogP contribution in [0.5, 0.6) is 5.75 Å². The normalized spacial score (nSPS) is 11.8. The zero-order chi connectivity index (χ0) is 25.2. The van der Waals surface area contributed by atoms with Gasteiger partial charge >= 0.3 is 0 Å². The van der Waals surface area contributed by atoms with E-state index in [1.165, 1.54) is 6.20 Å². The van der Waals surface area contributed by atoms with Gasteiger partial charge in [0.05, 0.1) is 26.6 Å². The lowest BCUT2D eigenvalue weighted by molar-refractivity contribution is 0.263. The summed E-state index contributed by atoms with van der Waals surface area (Å²) in [4.78, 5) is 19.5. The number of hydrogen-bond acceptors (Lipinski definition) is 9. The molecule has 0 saturated carbocycles. The largest absolute Gasteiger partial charge is 0.491 e. The highest BCUT2D eigenvalue weighted by atomic mass is 32.1. The van der Waals surface area contributed by atoms with Crippen LogP contribution in [-0.2, 0) is 0 Å². The average Bonchev–Trinajstić information content (AvgIpc) is 3.30. The van der Waals surface area contributed by atoms with Crippen molar-refractivity contribution in [2.24, 2.45) is 10.7 Å². The zero-order valence-electron chi connectivity index (χ0n) is 19.7. The monoisotopic (exact) mass is 499 g/mol. The van der Waals surface area contributed by atoms with Crippen molar-refractivity contribution >= 4 is 55.7 Å². The highest BCUT2D eigenvalue weighted by Crippen LogP contribution is 2.35. The second kappa shape index (κ2) is 12.7. The zero-order valence-corrected chi connectivity index (χ0v) is 20.5. The van der Waals surface area contributed by atoms with Gasteiger partial charge in [-0.1, -0.05) is 0 Å². The van der Waals surface area contributed by atoms with Crippen molar-refractivity contribution in [2.45, 2.75) is 0 Å². The molecule has 4 rings (SSSR count). The van der Waals surface area contributed by atoms with Gasteiger partial charge in [-0.2, -0.15) is 0 Å². The van der Waals surface area contributed by atoms with Crippen LogP contribution >= 0.6 is 11.3 Å². The van der Waals surface area contributed by atoms with E-state index in [9.17, 15) is 8.78 Å². The van der Waals surface area contributed by atoms with Gasteiger partial charge in [0.2, 0.25) is 6.93 Å². The summed E-state index contributed by atoms with van der Waals surface area (Å²) in [6.45, 7) is -0.448. The molecule has 0 aliphatic rings. The number of thiazole rings is 1. The van der Waals surface area contributed by atoms with Crippen molar-refractivity contribution in [3.63, 3.8) is 0 Å². The third kappa shape index (κ3) is 6.67. The summed E-state index contributed by atoms with van der Waals surface area (Å²) < 4.78 is 26.6. The summed E-state index contributed by atoms with van der Waals surface area (Å²) >= 11 is 1.60. The number of ether oxygens (including phenoxy) is 1. The van der Waals surface area contributed by atoms with E-state index in [1.807, 2.05) is 43.9 Å². The maximum Gasteiger partial charge on any atom is 0.229 e. The number of likely N-dealkylation sites (N-methyl/N-ethyl adjacent to an activating group) is 1. The molecule has 0 saturated heterocycles. The second-order valence-electron chi connectivity index (χ2n) is 7.51. The first-order chi connectivity index (χ1) is 17.0. The highest BCUT2D eigenvalue weighted by Gasteiger charge is 2.15. The van der Waals surface area contributed by atoms with Crippen molar-refractivity contribution in [2.75, 3.05) is 46.5 Å². The Bertz CT molecular complexity index is 1320. The minimum atomic E-state index is -1.75. The Morgan fingerprint density at radius 2 is 1.97 bits per heavy atom. The number of aromatic nitrogens is 3. The van der Waals surface area contributed by atoms with Gasteiger partial charge < -0.3 is 20.7 Å². The van der Waals surface area contributed by atoms with E-state index >= 15 is 0 Å². The molecule has 8 nitrogen and oxygen atoms in total. The predicted molar refractivity (Wildman–Crippen MR) is 140 cm³/mol. The predicted octanol–water partition coefficient (Wildman–Crippen LogP) is 4.81. The molecule has 0 spiro atoms.